The number of Topliss-reactive ketones (excluding diaryl/α,β-unsaturated/α-hetero) is 1. The fourth-order valence-electron chi connectivity index (χ4n) is 3.66. The highest BCUT2D eigenvalue weighted by Gasteiger charge is 2.39. The number of hydrogen-bond acceptors (Lipinski definition) is 9. The van der Waals surface area contributed by atoms with Crippen LogP contribution in [-0.2, 0) is 9.63 Å². The summed E-state index contributed by atoms with van der Waals surface area (Å²) < 4.78 is 47.1. The normalized spacial score (nSPS) is 17.6. The van der Waals surface area contributed by atoms with Gasteiger partial charge in [0.15, 0.2) is 11.6 Å². The number of benzene rings is 1. The number of hydroxylamine groups is 1. The van der Waals surface area contributed by atoms with E-state index in [2.05, 4.69) is 19.9 Å². The Balaban J connectivity index is 1.80. The molecule has 1 aliphatic rings. The summed E-state index contributed by atoms with van der Waals surface area (Å²) in [5, 5.41) is 20.7. The van der Waals surface area contributed by atoms with Crippen molar-refractivity contribution >= 4 is 17.4 Å². The largest absolute Gasteiger partial charge is 0.573 e. The molecule has 1 saturated heterocycles. The summed E-state index contributed by atoms with van der Waals surface area (Å²) in [6.07, 6.45) is -3.49. The van der Waals surface area contributed by atoms with Crippen molar-refractivity contribution in [1.82, 2.24) is 15.2 Å². The Kier molecular flexibility index (Phi) is 7.30. The molecule has 1 aliphatic heterocycles. The molecule has 1 fully saturated rings. The average molecular weight is 516 g/mol. The van der Waals surface area contributed by atoms with Crippen LogP contribution in [0, 0.1) is 6.92 Å². The molecule has 194 valence electrons. The van der Waals surface area contributed by atoms with Gasteiger partial charge in [-0.1, -0.05) is 0 Å². The second-order valence-electron chi connectivity index (χ2n) is 8.39. The molecule has 0 bridgehead atoms. The van der Waals surface area contributed by atoms with E-state index in [1.54, 1.807) is 31.2 Å². The zero-order valence-corrected chi connectivity index (χ0v) is 20.1. The lowest BCUT2D eigenvalue weighted by Crippen LogP contribution is -2.41. The van der Waals surface area contributed by atoms with Gasteiger partial charge in [-0.2, -0.15) is 5.10 Å². The Bertz CT molecular complexity index is 1280. The maximum absolute atomic E-state index is 13.1. The molecule has 0 spiro atoms. The number of halogens is 3. The molecule has 1 atom stereocenters. The minimum atomic E-state index is -4.86. The van der Waals surface area contributed by atoms with Crippen LogP contribution < -0.4 is 14.5 Å². The Morgan fingerprint density at radius 2 is 1.84 bits per heavy atom. The van der Waals surface area contributed by atoms with Gasteiger partial charge < -0.3 is 14.6 Å². The summed E-state index contributed by atoms with van der Waals surface area (Å²) in [6.45, 7) is 5.05. The van der Waals surface area contributed by atoms with Crippen LogP contribution in [0.25, 0.3) is 5.76 Å². The van der Waals surface area contributed by atoms with Gasteiger partial charge in [0, 0.05) is 23.4 Å². The Labute approximate surface area is 210 Å². The van der Waals surface area contributed by atoms with Crippen LogP contribution in [0.15, 0.2) is 60.3 Å². The zero-order valence-electron chi connectivity index (χ0n) is 20.1. The van der Waals surface area contributed by atoms with Crippen LogP contribution in [-0.4, -0.2) is 45.1 Å². The molecule has 1 unspecified atom stereocenters. The molecule has 4 rings (SSSR count). The molecule has 1 aromatic carbocycles. The monoisotopic (exact) mass is 516 g/mol. The van der Waals surface area contributed by atoms with Crippen LogP contribution in [0.3, 0.4) is 0 Å². The Morgan fingerprint density at radius 3 is 2.41 bits per heavy atom. The van der Waals surface area contributed by atoms with E-state index in [-0.39, 0.29) is 23.1 Å². The fourth-order valence-corrected chi connectivity index (χ4v) is 3.66. The first-order chi connectivity index (χ1) is 17.5. The third kappa shape index (κ3) is 6.15. The predicted molar refractivity (Wildman–Crippen MR) is 126 cm³/mol. The molecule has 0 radical (unpaired) electrons. The quantitative estimate of drug-likeness (QED) is 0.362. The Hall–Kier alpha value is -4.19. The van der Waals surface area contributed by atoms with Crippen molar-refractivity contribution in [3.63, 3.8) is 0 Å². The van der Waals surface area contributed by atoms with Gasteiger partial charge in [-0.15, -0.1) is 18.3 Å². The van der Waals surface area contributed by atoms with Crippen molar-refractivity contribution in [2.24, 2.45) is 0 Å². The molecular weight excluding hydrogens is 493 g/mol. The van der Waals surface area contributed by atoms with Crippen molar-refractivity contribution in [1.29, 1.82) is 0 Å². The van der Waals surface area contributed by atoms with E-state index >= 15 is 0 Å². The van der Waals surface area contributed by atoms with Gasteiger partial charge in [0.2, 0.25) is 5.88 Å². The summed E-state index contributed by atoms with van der Waals surface area (Å²) in [5.41, 5.74) is 1.17. The topological polar surface area (TPSA) is 107 Å². The van der Waals surface area contributed by atoms with Crippen LogP contribution in [0.2, 0.25) is 0 Å². The van der Waals surface area contributed by atoms with Crippen LogP contribution in [0.1, 0.15) is 36.7 Å². The number of aliphatic hydroxyl groups excluding tert-OH is 1. The number of ketones is 1. The van der Waals surface area contributed by atoms with E-state index in [1.165, 1.54) is 23.4 Å². The first kappa shape index (κ1) is 25.9. The van der Waals surface area contributed by atoms with Gasteiger partial charge in [-0.3, -0.25) is 9.63 Å². The number of nitrogens with zero attached hydrogens (tertiary/aromatic N) is 4. The van der Waals surface area contributed by atoms with Crippen LogP contribution >= 0.6 is 0 Å². The molecule has 1 N–H and O–H groups in total. The number of pyridine rings is 1. The van der Waals surface area contributed by atoms with Crippen molar-refractivity contribution < 1.29 is 37.4 Å². The SMILES string of the molecule is Cc1ccc(N2OCC(=O)C(=C(O)c3ccc(OC(F)(F)F)cc3)C2c2ccc(OC(C)C)nc2)nn1. The van der Waals surface area contributed by atoms with E-state index in [9.17, 15) is 23.1 Å². The second-order valence-corrected chi connectivity index (χ2v) is 8.39. The third-order valence-electron chi connectivity index (χ3n) is 5.20. The van der Waals surface area contributed by atoms with Gasteiger partial charge in [-0.05, 0) is 63.2 Å². The van der Waals surface area contributed by atoms with Gasteiger partial charge in [0.25, 0.3) is 0 Å². The van der Waals surface area contributed by atoms with Crippen molar-refractivity contribution in [2.45, 2.75) is 39.3 Å². The fraction of sp³-hybridized carbons (Fsp3) is 0.280. The number of hydrogen-bond donors (Lipinski definition) is 1. The summed E-state index contributed by atoms with van der Waals surface area (Å²) in [7, 11) is 0. The van der Waals surface area contributed by atoms with Crippen molar-refractivity contribution in [3.8, 4) is 11.6 Å². The highest BCUT2D eigenvalue weighted by atomic mass is 19.4. The number of ether oxygens (including phenoxy) is 2. The maximum atomic E-state index is 13.1. The molecule has 0 saturated carbocycles. The maximum Gasteiger partial charge on any atom is 0.573 e. The number of carbonyl (C=O) groups excluding carboxylic acids is 1. The lowest BCUT2D eigenvalue weighted by Gasteiger charge is -2.36. The van der Waals surface area contributed by atoms with E-state index in [1.807, 2.05) is 13.8 Å². The summed E-state index contributed by atoms with van der Waals surface area (Å²) in [5.74, 6) is -0.810. The van der Waals surface area contributed by atoms with Crippen molar-refractivity contribution in [2.75, 3.05) is 11.7 Å². The molecule has 0 aliphatic carbocycles. The highest BCUT2D eigenvalue weighted by Crippen LogP contribution is 2.39. The molecule has 12 heteroatoms. The molecule has 3 heterocycles. The minimum Gasteiger partial charge on any atom is -0.507 e. The first-order valence-electron chi connectivity index (χ1n) is 11.2. The third-order valence-corrected chi connectivity index (χ3v) is 5.20. The zero-order chi connectivity index (χ0) is 26.7. The molecule has 3 aromatic rings. The standard InChI is InChI=1S/C25H23F3N4O5/c1-14(2)36-21-11-7-17(12-29-21)23-22(19(33)13-35-32(23)20-10-4-15(3)30-31-20)24(34)16-5-8-18(9-6-16)37-25(26,27)28/h4-12,14,23,34H,13H2,1-3H3. The predicted octanol–water partition coefficient (Wildman–Crippen LogP) is 4.90. The number of aliphatic hydroxyl groups is 1. The van der Waals surface area contributed by atoms with Crippen LogP contribution in [0.4, 0.5) is 19.0 Å². The van der Waals surface area contributed by atoms with Gasteiger partial charge in [0.1, 0.15) is 24.2 Å². The second kappa shape index (κ2) is 10.4. The number of anilines is 1. The van der Waals surface area contributed by atoms with E-state index in [0.717, 1.165) is 12.1 Å². The number of rotatable bonds is 6. The number of alkyl halides is 3. The highest BCUT2D eigenvalue weighted by molar-refractivity contribution is 6.04. The number of aryl methyl sites for hydroxylation is 1. The van der Waals surface area contributed by atoms with Crippen molar-refractivity contribution in [3.05, 3.63) is 77.1 Å². The minimum absolute atomic E-state index is 0.0579. The molecule has 9 nitrogen and oxygen atoms in total. The molecule has 0 amide bonds. The summed E-state index contributed by atoms with van der Waals surface area (Å²) in [4.78, 5) is 23.1. The van der Waals surface area contributed by atoms with Crippen LogP contribution in [0.5, 0.6) is 11.6 Å². The number of carbonyl (C=O) groups is 1. The lowest BCUT2D eigenvalue weighted by atomic mass is 9.92. The summed E-state index contributed by atoms with van der Waals surface area (Å²) in [6, 6.07) is 10.2. The lowest BCUT2D eigenvalue weighted by molar-refractivity contribution is -0.274. The summed E-state index contributed by atoms with van der Waals surface area (Å²) >= 11 is 0. The average Bonchev–Trinajstić information content (AvgIpc) is 2.84. The Morgan fingerprint density at radius 1 is 1.11 bits per heavy atom. The van der Waals surface area contributed by atoms with E-state index in [4.69, 9.17) is 9.57 Å². The molecular formula is C25H23F3N4O5. The molecule has 37 heavy (non-hydrogen) atoms. The van der Waals surface area contributed by atoms with Gasteiger partial charge in [-0.25, -0.2) is 10.0 Å². The first-order valence-corrected chi connectivity index (χ1v) is 11.2. The smallest absolute Gasteiger partial charge is 0.507 e. The van der Waals surface area contributed by atoms with E-state index < -0.39 is 36.3 Å². The van der Waals surface area contributed by atoms with E-state index in [0.29, 0.717) is 17.1 Å². The van der Waals surface area contributed by atoms with Gasteiger partial charge in [0.05, 0.1) is 17.4 Å². The van der Waals surface area contributed by atoms with Gasteiger partial charge >= 0.3 is 6.36 Å². The molecule has 2 aromatic heterocycles. The number of aromatic nitrogens is 3.